The molecule has 0 radical (unpaired) electrons. The van der Waals surface area contributed by atoms with E-state index in [0.29, 0.717) is 30.6 Å². The predicted molar refractivity (Wildman–Crippen MR) is 86.0 cm³/mol. The first-order valence-corrected chi connectivity index (χ1v) is 7.62. The lowest BCUT2D eigenvalue weighted by Gasteiger charge is -2.25. The van der Waals surface area contributed by atoms with Crippen LogP contribution in [0.2, 0.25) is 0 Å². The van der Waals surface area contributed by atoms with Crippen LogP contribution in [0.3, 0.4) is 0 Å². The molecule has 0 saturated heterocycles. The highest BCUT2D eigenvalue weighted by Crippen LogP contribution is 2.29. The summed E-state index contributed by atoms with van der Waals surface area (Å²) in [6, 6.07) is 4.59. The van der Waals surface area contributed by atoms with Crippen molar-refractivity contribution in [1.29, 1.82) is 0 Å². The first-order valence-electron chi connectivity index (χ1n) is 6.55. The Morgan fingerprint density at radius 3 is 2.48 bits per heavy atom. The van der Waals surface area contributed by atoms with Crippen molar-refractivity contribution in [2.75, 3.05) is 36.9 Å². The van der Waals surface area contributed by atoms with Gasteiger partial charge in [-0.1, -0.05) is 6.07 Å². The number of aliphatic carboxylic acids is 1. The smallest absolute Gasteiger partial charge is 0.320 e. The summed E-state index contributed by atoms with van der Waals surface area (Å²) < 4.78 is 5.39. The molecule has 0 aliphatic carbocycles. The maximum Gasteiger partial charge on any atom is 0.320 e. The first kappa shape index (κ1) is 17.9. The predicted octanol–water partition coefficient (Wildman–Crippen LogP) is 1.93. The molecule has 0 saturated carbocycles. The Bertz CT molecular complexity index is 466. The number of carboxylic acid groups (broad SMARTS) is 1. The van der Waals surface area contributed by atoms with Gasteiger partial charge in [-0.15, -0.1) is 23.2 Å². The molecule has 7 heteroatoms. The van der Waals surface area contributed by atoms with Crippen LogP contribution >= 0.6 is 23.2 Å². The molecule has 21 heavy (non-hydrogen) atoms. The number of methoxy groups -OCH3 is 1. The summed E-state index contributed by atoms with van der Waals surface area (Å²) >= 11 is 11.6. The lowest BCUT2D eigenvalue weighted by molar-refractivity contribution is -0.138. The van der Waals surface area contributed by atoms with Gasteiger partial charge in [-0.2, -0.15) is 0 Å². The van der Waals surface area contributed by atoms with Crippen molar-refractivity contribution in [2.24, 2.45) is 5.73 Å². The molecule has 118 valence electrons. The second-order valence-corrected chi connectivity index (χ2v) is 5.28. The fourth-order valence-electron chi connectivity index (χ4n) is 2.01. The average Bonchev–Trinajstić information content (AvgIpc) is 2.46. The van der Waals surface area contributed by atoms with Crippen LogP contribution in [0.1, 0.15) is 5.56 Å². The zero-order valence-corrected chi connectivity index (χ0v) is 13.4. The van der Waals surface area contributed by atoms with E-state index in [9.17, 15) is 4.79 Å². The van der Waals surface area contributed by atoms with Crippen LogP contribution in [-0.2, 0) is 11.2 Å². The Morgan fingerprint density at radius 1 is 1.38 bits per heavy atom. The second kappa shape index (κ2) is 8.97. The van der Waals surface area contributed by atoms with Gasteiger partial charge in [-0.3, -0.25) is 4.79 Å². The molecule has 0 aromatic heterocycles. The summed E-state index contributed by atoms with van der Waals surface area (Å²) in [6.07, 6.45) is 0.247. The van der Waals surface area contributed by atoms with Crippen molar-refractivity contribution < 1.29 is 14.6 Å². The highest BCUT2D eigenvalue weighted by atomic mass is 35.5. The molecule has 0 spiro atoms. The van der Waals surface area contributed by atoms with Crippen LogP contribution in [0.4, 0.5) is 5.69 Å². The molecule has 0 bridgehead atoms. The summed E-state index contributed by atoms with van der Waals surface area (Å²) in [7, 11) is 1.57. The summed E-state index contributed by atoms with van der Waals surface area (Å²) in [5.74, 6) is 0.585. The Hall–Kier alpha value is -1.17. The van der Waals surface area contributed by atoms with E-state index in [-0.39, 0.29) is 6.42 Å². The number of nitrogens with zero attached hydrogens (tertiary/aromatic N) is 1. The third kappa shape index (κ3) is 5.26. The van der Waals surface area contributed by atoms with Crippen molar-refractivity contribution in [3.8, 4) is 5.75 Å². The van der Waals surface area contributed by atoms with Gasteiger partial charge < -0.3 is 20.5 Å². The highest BCUT2D eigenvalue weighted by Gasteiger charge is 2.16. The number of alkyl halides is 2. The van der Waals surface area contributed by atoms with E-state index in [1.54, 1.807) is 13.2 Å². The van der Waals surface area contributed by atoms with Gasteiger partial charge in [0.1, 0.15) is 11.8 Å². The fraction of sp³-hybridized carbons (Fsp3) is 0.500. The normalized spacial score (nSPS) is 12.0. The SMILES string of the molecule is COc1cc(C[C@H](N)C(=O)O)ccc1N(CCCl)CCCl. The number of ether oxygens (including phenoxy) is 1. The Balaban J connectivity index is 2.99. The third-order valence-corrected chi connectivity index (χ3v) is 3.40. The van der Waals surface area contributed by atoms with E-state index < -0.39 is 12.0 Å². The molecule has 0 fully saturated rings. The highest BCUT2D eigenvalue weighted by molar-refractivity contribution is 6.18. The molecular weight excluding hydrogens is 315 g/mol. The lowest BCUT2D eigenvalue weighted by atomic mass is 10.1. The van der Waals surface area contributed by atoms with Crippen molar-refractivity contribution in [3.05, 3.63) is 23.8 Å². The van der Waals surface area contributed by atoms with Gasteiger partial charge in [0, 0.05) is 24.8 Å². The average molecular weight is 335 g/mol. The molecule has 0 aliphatic rings. The zero-order chi connectivity index (χ0) is 15.8. The number of benzene rings is 1. The largest absolute Gasteiger partial charge is 0.495 e. The minimum atomic E-state index is -1.02. The minimum absolute atomic E-state index is 0.247. The number of anilines is 1. The third-order valence-electron chi connectivity index (χ3n) is 3.07. The lowest BCUT2D eigenvalue weighted by Crippen LogP contribution is -2.32. The Kier molecular flexibility index (Phi) is 7.64. The molecule has 1 atom stereocenters. The van der Waals surface area contributed by atoms with Crippen molar-refractivity contribution in [3.63, 3.8) is 0 Å². The fourth-order valence-corrected chi connectivity index (χ4v) is 2.42. The zero-order valence-electron chi connectivity index (χ0n) is 11.9. The number of halogens is 2. The summed E-state index contributed by atoms with van der Waals surface area (Å²) in [4.78, 5) is 12.8. The maximum atomic E-state index is 10.8. The molecule has 1 aromatic rings. The first-order chi connectivity index (χ1) is 10.0. The van der Waals surface area contributed by atoms with Gasteiger partial charge in [0.15, 0.2) is 0 Å². The van der Waals surface area contributed by atoms with Gasteiger partial charge >= 0.3 is 5.97 Å². The van der Waals surface area contributed by atoms with Gasteiger partial charge in [0.25, 0.3) is 0 Å². The summed E-state index contributed by atoms with van der Waals surface area (Å²) in [5, 5.41) is 8.86. The van der Waals surface area contributed by atoms with Crippen LogP contribution in [0.5, 0.6) is 5.75 Å². The van der Waals surface area contributed by atoms with Crippen molar-refractivity contribution in [1.82, 2.24) is 0 Å². The van der Waals surface area contributed by atoms with E-state index in [2.05, 4.69) is 0 Å². The molecule has 1 aromatic carbocycles. The number of carboxylic acids is 1. The standard InChI is InChI=1S/C14H20Cl2N2O3/c1-21-13-9-10(8-11(17)14(19)20)2-3-12(13)18(6-4-15)7-5-16/h2-3,9,11H,4-8,17H2,1H3,(H,19,20)/t11-/m0/s1. The molecule has 0 unspecified atom stereocenters. The summed E-state index contributed by atoms with van der Waals surface area (Å²) in [6.45, 7) is 1.30. The monoisotopic (exact) mass is 334 g/mol. The van der Waals surface area contributed by atoms with E-state index in [1.807, 2.05) is 17.0 Å². The van der Waals surface area contributed by atoms with Crippen LogP contribution in [-0.4, -0.2) is 49.1 Å². The van der Waals surface area contributed by atoms with Gasteiger partial charge in [-0.05, 0) is 24.1 Å². The van der Waals surface area contributed by atoms with Crippen molar-refractivity contribution in [2.45, 2.75) is 12.5 Å². The quantitative estimate of drug-likeness (QED) is 0.675. The number of nitrogens with two attached hydrogens (primary N) is 1. The topological polar surface area (TPSA) is 75.8 Å². The Morgan fingerprint density at radius 2 is 2.00 bits per heavy atom. The van der Waals surface area contributed by atoms with E-state index in [1.165, 1.54) is 0 Å². The Labute approximate surface area is 134 Å². The number of rotatable bonds is 9. The number of carbonyl (C=O) groups is 1. The van der Waals surface area contributed by atoms with E-state index >= 15 is 0 Å². The van der Waals surface area contributed by atoms with E-state index in [0.717, 1.165) is 11.3 Å². The van der Waals surface area contributed by atoms with Crippen LogP contribution < -0.4 is 15.4 Å². The summed E-state index contributed by atoms with van der Waals surface area (Å²) in [5.41, 5.74) is 7.24. The maximum absolute atomic E-state index is 10.8. The van der Waals surface area contributed by atoms with Gasteiger partial charge in [0.05, 0.1) is 12.8 Å². The van der Waals surface area contributed by atoms with Crippen LogP contribution in [0.15, 0.2) is 18.2 Å². The van der Waals surface area contributed by atoms with Crippen LogP contribution in [0, 0.1) is 0 Å². The molecule has 0 heterocycles. The number of hydrogen-bond acceptors (Lipinski definition) is 4. The molecule has 1 rings (SSSR count). The van der Waals surface area contributed by atoms with E-state index in [4.69, 9.17) is 38.8 Å². The molecule has 5 nitrogen and oxygen atoms in total. The van der Waals surface area contributed by atoms with Crippen LogP contribution in [0.25, 0.3) is 0 Å². The molecule has 0 amide bonds. The van der Waals surface area contributed by atoms with Crippen molar-refractivity contribution >= 4 is 34.9 Å². The number of hydrogen-bond donors (Lipinski definition) is 2. The molecular formula is C14H20Cl2N2O3. The molecule has 3 N–H and O–H groups in total. The second-order valence-electron chi connectivity index (χ2n) is 4.52. The van der Waals surface area contributed by atoms with Gasteiger partial charge in [0.2, 0.25) is 0 Å². The molecule has 0 aliphatic heterocycles. The van der Waals surface area contributed by atoms with Gasteiger partial charge in [-0.25, -0.2) is 0 Å². The minimum Gasteiger partial charge on any atom is -0.495 e.